The first-order valence-corrected chi connectivity index (χ1v) is 8.37. The van der Waals surface area contributed by atoms with E-state index in [1.807, 2.05) is 13.1 Å². The number of ether oxygens (including phenoxy) is 1. The molecular formula is C17H18N2O4S. The lowest BCUT2D eigenvalue weighted by Crippen LogP contribution is -2.09. The van der Waals surface area contributed by atoms with Crippen LogP contribution in [0.1, 0.15) is 0 Å². The van der Waals surface area contributed by atoms with Crippen molar-refractivity contribution in [3.8, 4) is 6.08 Å². The summed E-state index contributed by atoms with van der Waals surface area (Å²) in [5.41, 5.74) is 2.40. The summed E-state index contributed by atoms with van der Waals surface area (Å²) in [6.45, 7) is -0.452. The zero-order chi connectivity index (χ0) is 17.4. The van der Waals surface area contributed by atoms with Crippen LogP contribution in [0.4, 0.5) is 5.69 Å². The van der Waals surface area contributed by atoms with Gasteiger partial charge in [-0.2, -0.15) is 4.98 Å². The van der Waals surface area contributed by atoms with Gasteiger partial charge in [0.2, 0.25) is 0 Å². The second-order valence-corrected chi connectivity index (χ2v) is 5.49. The van der Waals surface area contributed by atoms with Gasteiger partial charge in [0.25, 0.3) is 0 Å². The fraction of sp³-hybridized carbons (Fsp3) is 0.176. The first kappa shape index (κ1) is 17.7. The summed E-state index contributed by atoms with van der Waals surface area (Å²) >= 11 is 1.76. The zero-order valence-electron chi connectivity index (χ0n) is 13.4. The Morgan fingerprint density at radius 1 is 1.29 bits per heavy atom. The molecule has 1 aromatic heterocycles. The van der Waals surface area contributed by atoms with Gasteiger partial charge in [-0.05, 0) is 36.6 Å². The van der Waals surface area contributed by atoms with Crippen molar-refractivity contribution in [1.29, 1.82) is 0 Å². The van der Waals surface area contributed by atoms with Crippen molar-refractivity contribution < 1.29 is 19.1 Å². The van der Waals surface area contributed by atoms with Crippen LogP contribution in [0.5, 0.6) is 6.08 Å². The average molecular weight is 346 g/mol. The third kappa shape index (κ3) is 5.20. The van der Waals surface area contributed by atoms with E-state index in [2.05, 4.69) is 40.8 Å². The largest absolute Gasteiger partial charge is 0.479 e. The zero-order valence-corrected chi connectivity index (χ0v) is 14.2. The summed E-state index contributed by atoms with van der Waals surface area (Å²) < 4.78 is 9.90. The Kier molecular flexibility index (Phi) is 6.51. The number of aromatic nitrogens is 1. The van der Waals surface area contributed by atoms with Crippen molar-refractivity contribution in [3.05, 3.63) is 48.5 Å². The number of para-hydroxylation sites is 2. The maximum Gasteiger partial charge on any atom is 0.395 e. The lowest BCUT2D eigenvalue weighted by atomic mass is 10.3. The molecule has 0 aliphatic rings. The van der Waals surface area contributed by atoms with Crippen LogP contribution in [-0.2, 0) is 4.79 Å². The van der Waals surface area contributed by atoms with E-state index in [0.717, 1.165) is 0 Å². The lowest BCUT2D eigenvalue weighted by Gasteiger charge is -2.00. The number of carbonyl (C=O) groups is 1. The molecule has 7 heteroatoms. The highest BCUT2D eigenvalue weighted by Crippen LogP contribution is 2.19. The van der Waals surface area contributed by atoms with E-state index in [9.17, 15) is 4.79 Å². The van der Waals surface area contributed by atoms with Crippen molar-refractivity contribution in [1.82, 2.24) is 4.98 Å². The number of nitrogens with one attached hydrogen (secondary N) is 1. The summed E-state index contributed by atoms with van der Waals surface area (Å²) in [5, 5.41) is 11.4. The van der Waals surface area contributed by atoms with Crippen LogP contribution in [0.2, 0.25) is 0 Å². The predicted molar refractivity (Wildman–Crippen MR) is 94.9 cm³/mol. The number of oxazole rings is 1. The van der Waals surface area contributed by atoms with Gasteiger partial charge in [0.05, 0.1) is 0 Å². The number of hydrogen-bond donors (Lipinski definition) is 2. The Hall–Kier alpha value is -2.67. The molecule has 24 heavy (non-hydrogen) atoms. The number of fused-ring (bicyclic) bond motifs is 1. The molecule has 0 fully saturated rings. The molecule has 0 saturated carbocycles. The van der Waals surface area contributed by atoms with Gasteiger partial charge in [0.1, 0.15) is 5.52 Å². The molecule has 3 aromatic rings. The molecule has 0 aliphatic carbocycles. The molecule has 0 amide bonds. The van der Waals surface area contributed by atoms with Gasteiger partial charge in [-0.3, -0.25) is 0 Å². The number of anilines is 1. The molecule has 0 bridgehead atoms. The molecule has 0 atom stereocenters. The van der Waals surface area contributed by atoms with E-state index >= 15 is 0 Å². The maximum atomic E-state index is 10.2. The molecule has 6 nitrogen and oxygen atoms in total. The van der Waals surface area contributed by atoms with Crippen LogP contribution in [0.15, 0.2) is 57.8 Å². The molecular weight excluding hydrogens is 328 g/mol. The average Bonchev–Trinajstić information content (AvgIpc) is 3.03. The number of thioether (sulfide) groups is 1. The van der Waals surface area contributed by atoms with E-state index in [1.165, 1.54) is 10.6 Å². The maximum absolute atomic E-state index is 10.2. The summed E-state index contributed by atoms with van der Waals surface area (Å²) in [7, 11) is 1.93. The summed E-state index contributed by atoms with van der Waals surface area (Å²) in [4.78, 5) is 15.4. The van der Waals surface area contributed by atoms with Gasteiger partial charge in [0.15, 0.2) is 12.2 Å². The fourth-order valence-corrected chi connectivity index (χ4v) is 2.27. The van der Waals surface area contributed by atoms with E-state index in [4.69, 9.17) is 14.3 Å². The third-order valence-electron chi connectivity index (χ3n) is 2.95. The number of nitrogens with zero attached hydrogens (tertiary/aromatic N) is 1. The molecule has 0 aliphatic heterocycles. The minimum Gasteiger partial charge on any atom is -0.479 e. The van der Waals surface area contributed by atoms with Gasteiger partial charge >= 0.3 is 12.0 Å². The van der Waals surface area contributed by atoms with Gasteiger partial charge in [-0.1, -0.05) is 18.2 Å². The van der Waals surface area contributed by atoms with Crippen molar-refractivity contribution in [2.45, 2.75) is 4.90 Å². The number of aliphatic carboxylic acids is 1. The van der Waals surface area contributed by atoms with Crippen LogP contribution in [0.3, 0.4) is 0 Å². The summed E-state index contributed by atoms with van der Waals surface area (Å²) in [6.07, 6.45) is 2.06. The van der Waals surface area contributed by atoms with Gasteiger partial charge < -0.3 is 19.6 Å². The first-order chi connectivity index (χ1) is 11.6. The first-order valence-electron chi connectivity index (χ1n) is 7.14. The lowest BCUT2D eigenvalue weighted by molar-refractivity contribution is -0.139. The molecule has 1 heterocycles. The minimum atomic E-state index is -1.06. The van der Waals surface area contributed by atoms with Crippen molar-refractivity contribution in [2.24, 2.45) is 0 Å². The molecule has 3 rings (SSSR count). The number of carboxylic acids is 1. The Morgan fingerprint density at radius 2 is 2.08 bits per heavy atom. The smallest absolute Gasteiger partial charge is 0.395 e. The Morgan fingerprint density at radius 3 is 2.75 bits per heavy atom. The molecule has 2 N–H and O–H groups in total. The third-order valence-corrected chi connectivity index (χ3v) is 3.68. The van der Waals surface area contributed by atoms with Crippen LogP contribution >= 0.6 is 11.8 Å². The quantitative estimate of drug-likeness (QED) is 0.681. The van der Waals surface area contributed by atoms with E-state index in [0.29, 0.717) is 11.1 Å². The summed E-state index contributed by atoms with van der Waals surface area (Å²) in [6, 6.07) is 15.4. The Labute approximate surface area is 143 Å². The second kappa shape index (κ2) is 8.83. The standard InChI is InChI=1S/C9H7NO4.C8H11NS/c11-8(12)5-13-9-10-6-3-1-2-4-7(6)14-9;1-9-7-4-3-5-8(6-7)10-2/h1-4H,5H2,(H,11,12);3-6,9H,1-2H3. The summed E-state index contributed by atoms with van der Waals surface area (Å²) in [5.74, 6) is -1.06. The number of carboxylic acid groups (broad SMARTS) is 1. The molecule has 2 aromatic carbocycles. The van der Waals surface area contributed by atoms with Crippen molar-refractivity contribution in [3.63, 3.8) is 0 Å². The van der Waals surface area contributed by atoms with Crippen LogP contribution in [0, 0.1) is 0 Å². The highest BCUT2D eigenvalue weighted by Gasteiger charge is 2.07. The number of benzene rings is 2. The highest BCUT2D eigenvalue weighted by molar-refractivity contribution is 7.98. The predicted octanol–water partition coefficient (Wildman–Crippen LogP) is 3.74. The number of hydrogen-bond acceptors (Lipinski definition) is 6. The Balaban J connectivity index is 0.000000185. The normalized spacial score (nSPS) is 9.92. The van der Waals surface area contributed by atoms with Gasteiger partial charge in [-0.15, -0.1) is 11.8 Å². The van der Waals surface area contributed by atoms with E-state index in [-0.39, 0.29) is 6.08 Å². The molecule has 0 spiro atoms. The monoisotopic (exact) mass is 346 g/mol. The van der Waals surface area contributed by atoms with E-state index < -0.39 is 12.6 Å². The van der Waals surface area contributed by atoms with Crippen LogP contribution in [-0.4, -0.2) is 36.0 Å². The SMILES string of the molecule is CNc1cccc(SC)c1.O=C(O)COc1nc2ccccc2o1. The molecule has 0 radical (unpaired) electrons. The van der Waals surface area contributed by atoms with Crippen LogP contribution < -0.4 is 10.1 Å². The van der Waals surface area contributed by atoms with Crippen LogP contribution in [0.25, 0.3) is 11.1 Å². The number of rotatable bonds is 5. The van der Waals surface area contributed by atoms with Gasteiger partial charge in [-0.25, -0.2) is 4.79 Å². The molecule has 0 unspecified atom stereocenters. The molecule has 126 valence electrons. The van der Waals surface area contributed by atoms with E-state index in [1.54, 1.807) is 30.0 Å². The van der Waals surface area contributed by atoms with Crippen molar-refractivity contribution >= 4 is 34.5 Å². The van der Waals surface area contributed by atoms with Crippen molar-refractivity contribution in [2.75, 3.05) is 25.2 Å². The molecule has 0 saturated heterocycles. The van der Waals surface area contributed by atoms with Gasteiger partial charge in [0, 0.05) is 17.6 Å². The Bertz CT molecular complexity index is 752. The fourth-order valence-electron chi connectivity index (χ4n) is 1.81. The topological polar surface area (TPSA) is 84.6 Å². The highest BCUT2D eigenvalue weighted by atomic mass is 32.2. The minimum absolute atomic E-state index is 0.0198. The second-order valence-electron chi connectivity index (χ2n) is 4.61.